The molecular formula is C44H43N3O8S2. The number of ether oxygens (including phenoxy) is 4. The lowest BCUT2D eigenvalue weighted by Crippen LogP contribution is -2.30. The molecule has 0 spiro atoms. The molecule has 0 bridgehead atoms. The molecule has 1 aliphatic carbocycles. The summed E-state index contributed by atoms with van der Waals surface area (Å²) in [5.74, 6) is -0.659. The van der Waals surface area contributed by atoms with Crippen molar-refractivity contribution in [2.45, 2.75) is 42.2 Å². The van der Waals surface area contributed by atoms with Gasteiger partial charge in [0.1, 0.15) is 21.7 Å². The SMILES string of the molecule is COC(=O)c1c(NC(=O)C(Sc2cccc(NC(=O)/C(=C\c3cc(OC)c(OC)cc3OC)NC(=O)c3ccccc3)c2)c2ccccc2)sc2c1CCCCC2. The largest absolute Gasteiger partial charge is 0.496 e. The van der Waals surface area contributed by atoms with Crippen molar-refractivity contribution in [2.75, 3.05) is 39.1 Å². The molecule has 1 aliphatic rings. The second kappa shape index (κ2) is 19.2. The van der Waals surface area contributed by atoms with Gasteiger partial charge < -0.3 is 34.9 Å². The number of amides is 3. The maximum Gasteiger partial charge on any atom is 0.341 e. The van der Waals surface area contributed by atoms with Crippen molar-refractivity contribution in [2.24, 2.45) is 0 Å². The number of aryl methyl sites for hydroxylation is 1. The van der Waals surface area contributed by atoms with E-state index in [9.17, 15) is 19.2 Å². The van der Waals surface area contributed by atoms with Crippen molar-refractivity contribution in [3.05, 3.63) is 135 Å². The number of carbonyl (C=O) groups excluding carboxylic acids is 4. The van der Waals surface area contributed by atoms with Crippen molar-refractivity contribution in [1.82, 2.24) is 5.32 Å². The molecule has 1 heterocycles. The number of nitrogens with one attached hydrogen (secondary N) is 3. The Kier molecular flexibility index (Phi) is 13.7. The third-order valence-electron chi connectivity index (χ3n) is 9.30. The molecule has 0 radical (unpaired) electrons. The number of carbonyl (C=O) groups is 4. The lowest BCUT2D eigenvalue weighted by molar-refractivity contribution is -0.116. The number of thioether (sulfide) groups is 1. The van der Waals surface area contributed by atoms with Crippen LogP contribution in [0.25, 0.3) is 6.08 Å². The summed E-state index contributed by atoms with van der Waals surface area (Å²) < 4.78 is 21.7. The van der Waals surface area contributed by atoms with Gasteiger partial charge in [0.15, 0.2) is 11.5 Å². The van der Waals surface area contributed by atoms with Gasteiger partial charge in [0.05, 0.1) is 34.0 Å². The fourth-order valence-corrected chi connectivity index (χ4v) is 8.84. The fourth-order valence-electron chi connectivity index (χ4n) is 6.47. The minimum Gasteiger partial charge on any atom is -0.496 e. The maximum atomic E-state index is 14.2. The molecule has 0 saturated carbocycles. The van der Waals surface area contributed by atoms with E-state index in [-0.39, 0.29) is 11.6 Å². The highest BCUT2D eigenvalue weighted by Gasteiger charge is 2.29. The summed E-state index contributed by atoms with van der Waals surface area (Å²) in [7, 11) is 5.84. The Morgan fingerprint density at radius 3 is 2.12 bits per heavy atom. The van der Waals surface area contributed by atoms with Crippen molar-refractivity contribution in [1.29, 1.82) is 0 Å². The number of methoxy groups -OCH3 is 4. The van der Waals surface area contributed by atoms with Gasteiger partial charge >= 0.3 is 5.97 Å². The molecule has 57 heavy (non-hydrogen) atoms. The molecule has 1 aromatic heterocycles. The summed E-state index contributed by atoms with van der Waals surface area (Å²) in [5, 5.41) is 8.51. The summed E-state index contributed by atoms with van der Waals surface area (Å²) >= 11 is 2.74. The summed E-state index contributed by atoms with van der Waals surface area (Å²) in [6, 6.07) is 28.3. The lowest BCUT2D eigenvalue weighted by atomic mass is 10.1. The number of thiophene rings is 1. The number of hydrogen-bond donors (Lipinski definition) is 3. The number of hydrogen-bond acceptors (Lipinski definition) is 10. The normalized spacial score (nSPS) is 12.9. The Morgan fingerprint density at radius 1 is 0.737 bits per heavy atom. The van der Waals surface area contributed by atoms with Gasteiger partial charge in [-0.25, -0.2) is 4.79 Å². The lowest BCUT2D eigenvalue weighted by Gasteiger charge is -2.18. The number of esters is 1. The summed E-state index contributed by atoms with van der Waals surface area (Å²) in [4.78, 5) is 56.5. The quantitative estimate of drug-likeness (QED) is 0.0435. The molecule has 0 saturated heterocycles. The zero-order valence-electron chi connectivity index (χ0n) is 32.0. The van der Waals surface area contributed by atoms with Crippen molar-refractivity contribution < 1.29 is 38.1 Å². The van der Waals surface area contributed by atoms with Gasteiger partial charge in [-0.15, -0.1) is 23.1 Å². The first-order valence-electron chi connectivity index (χ1n) is 18.3. The van der Waals surface area contributed by atoms with Crippen LogP contribution in [0.15, 0.2) is 108 Å². The molecule has 3 N–H and O–H groups in total. The van der Waals surface area contributed by atoms with Gasteiger partial charge in [-0.1, -0.05) is 61.0 Å². The first kappa shape index (κ1) is 40.6. The van der Waals surface area contributed by atoms with E-state index in [1.54, 1.807) is 60.7 Å². The molecule has 13 heteroatoms. The standard InChI is InChI=1S/C44H43N3O8S2/c1-52-34-26-36(54-3)35(53-2)24-29(34)23-33(46-40(48)28-17-10-6-11-18-28)41(49)45-30-19-14-20-31(25-30)56-39(27-15-8-5-9-16-27)42(50)47-43-38(44(51)55-4)32-21-12-7-13-22-37(32)57-43/h5-6,8-11,14-20,23-26,39H,7,12-13,21-22H2,1-4H3,(H,45,49)(H,46,48)(H,47,50)/b33-23+. The Labute approximate surface area is 339 Å². The first-order valence-corrected chi connectivity index (χ1v) is 20.0. The van der Waals surface area contributed by atoms with Crippen LogP contribution in [0.4, 0.5) is 10.7 Å². The molecule has 1 unspecified atom stereocenters. The van der Waals surface area contributed by atoms with E-state index in [0.717, 1.165) is 48.1 Å². The average Bonchev–Trinajstić information content (AvgIpc) is 3.41. The molecule has 6 rings (SSSR count). The van der Waals surface area contributed by atoms with Crippen molar-refractivity contribution >= 4 is 63.6 Å². The van der Waals surface area contributed by atoms with Gasteiger partial charge in [0.2, 0.25) is 5.91 Å². The van der Waals surface area contributed by atoms with E-state index in [2.05, 4.69) is 16.0 Å². The average molecular weight is 806 g/mol. The molecule has 4 aromatic carbocycles. The first-order chi connectivity index (χ1) is 27.7. The number of benzene rings is 4. The Hall–Kier alpha value is -6.05. The van der Waals surface area contributed by atoms with Crippen molar-refractivity contribution in [3.8, 4) is 17.2 Å². The second-order valence-electron chi connectivity index (χ2n) is 13.0. The van der Waals surface area contributed by atoms with E-state index in [4.69, 9.17) is 18.9 Å². The minimum absolute atomic E-state index is 0.0651. The van der Waals surface area contributed by atoms with Crippen LogP contribution in [0, 0.1) is 0 Å². The van der Waals surface area contributed by atoms with E-state index in [1.807, 2.05) is 36.4 Å². The fraction of sp³-hybridized carbons (Fsp3) is 0.227. The van der Waals surface area contributed by atoms with E-state index in [1.165, 1.54) is 57.6 Å². The van der Waals surface area contributed by atoms with Crippen LogP contribution in [-0.2, 0) is 27.2 Å². The second-order valence-corrected chi connectivity index (χ2v) is 15.3. The Morgan fingerprint density at radius 2 is 1.42 bits per heavy atom. The molecule has 3 amide bonds. The van der Waals surface area contributed by atoms with Gasteiger partial charge in [-0.2, -0.15) is 0 Å². The summed E-state index contributed by atoms with van der Waals surface area (Å²) in [5.41, 5.74) is 3.32. The highest BCUT2D eigenvalue weighted by atomic mass is 32.2. The van der Waals surface area contributed by atoms with E-state index < -0.39 is 23.0 Å². The molecule has 294 valence electrons. The van der Waals surface area contributed by atoms with Gasteiger partial charge in [0.25, 0.3) is 11.8 Å². The molecule has 1 atom stereocenters. The minimum atomic E-state index is -0.720. The molecule has 5 aromatic rings. The van der Waals surface area contributed by atoms with Crippen molar-refractivity contribution in [3.63, 3.8) is 0 Å². The zero-order valence-corrected chi connectivity index (χ0v) is 33.6. The Balaban J connectivity index is 1.29. The third-order valence-corrected chi connectivity index (χ3v) is 11.8. The Bertz CT molecular complexity index is 2270. The highest BCUT2D eigenvalue weighted by molar-refractivity contribution is 8.00. The molecular weight excluding hydrogens is 763 g/mol. The molecule has 11 nitrogen and oxygen atoms in total. The van der Waals surface area contributed by atoms with Crippen LogP contribution in [0.2, 0.25) is 0 Å². The van der Waals surface area contributed by atoms with Gasteiger partial charge in [0, 0.05) is 32.7 Å². The monoisotopic (exact) mass is 805 g/mol. The van der Waals surface area contributed by atoms with E-state index in [0.29, 0.717) is 49.5 Å². The van der Waals surface area contributed by atoms with Gasteiger partial charge in [-0.05, 0) is 79.3 Å². The zero-order chi connectivity index (χ0) is 40.3. The smallest absolute Gasteiger partial charge is 0.341 e. The molecule has 0 aliphatic heterocycles. The van der Waals surface area contributed by atoms with Crippen LogP contribution in [-0.4, -0.2) is 52.1 Å². The number of rotatable bonds is 14. The summed E-state index contributed by atoms with van der Waals surface area (Å²) in [6.45, 7) is 0. The van der Waals surface area contributed by atoms with Crippen LogP contribution in [0.3, 0.4) is 0 Å². The van der Waals surface area contributed by atoms with E-state index >= 15 is 0 Å². The molecule has 0 fully saturated rings. The number of anilines is 2. The number of fused-ring (bicyclic) bond motifs is 1. The van der Waals surface area contributed by atoms with Crippen LogP contribution >= 0.6 is 23.1 Å². The van der Waals surface area contributed by atoms with Crippen LogP contribution in [0.5, 0.6) is 17.2 Å². The highest BCUT2D eigenvalue weighted by Crippen LogP contribution is 2.42. The van der Waals surface area contributed by atoms with Crippen LogP contribution in [0.1, 0.15) is 66.8 Å². The predicted octanol–water partition coefficient (Wildman–Crippen LogP) is 8.71. The summed E-state index contributed by atoms with van der Waals surface area (Å²) in [6.07, 6.45) is 6.19. The predicted molar refractivity (Wildman–Crippen MR) is 224 cm³/mol. The van der Waals surface area contributed by atoms with Crippen LogP contribution < -0.4 is 30.2 Å². The third kappa shape index (κ3) is 9.86. The van der Waals surface area contributed by atoms with Gasteiger partial charge in [-0.3, -0.25) is 14.4 Å². The topological polar surface area (TPSA) is 141 Å². The maximum absolute atomic E-state index is 14.2.